The number of ketones is 1. The first-order valence-electron chi connectivity index (χ1n) is 9.15. The monoisotopic (exact) mass is 392 g/mol. The number of nitrogens with zero attached hydrogens (tertiary/aromatic N) is 3. The van der Waals surface area contributed by atoms with Crippen molar-refractivity contribution in [1.82, 2.24) is 14.8 Å². The van der Waals surface area contributed by atoms with Gasteiger partial charge >= 0.3 is 0 Å². The zero-order valence-electron chi connectivity index (χ0n) is 15.2. The molecule has 1 atom stereocenters. The number of thioether (sulfide) groups is 1. The van der Waals surface area contributed by atoms with Crippen LogP contribution in [-0.4, -0.2) is 45.6 Å². The summed E-state index contributed by atoms with van der Waals surface area (Å²) in [7, 11) is 0. The van der Waals surface area contributed by atoms with E-state index in [2.05, 4.69) is 33.9 Å². The van der Waals surface area contributed by atoms with Crippen molar-refractivity contribution in [3.8, 4) is 0 Å². The molecule has 1 aliphatic heterocycles. The lowest BCUT2D eigenvalue weighted by Gasteiger charge is -2.08. The molecule has 1 saturated carbocycles. The van der Waals surface area contributed by atoms with Gasteiger partial charge in [0.05, 0.1) is 11.9 Å². The molecule has 0 bridgehead atoms. The van der Waals surface area contributed by atoms with E-state index in [-0.39, 0.29) is 11.9 Å². The van der Waals surface area contributed by atoms with Gasteiger partial charge in [-0.05, 0) is 45.6 Å². The molecule has 1 saturated heterocycles. The van der Waals surface area contributed by atoms with Crippen LogP contribution in [0.4, 0.5) is 5.13 Å². The third-order valence-electron chi connectivity index (χ3n) is 4.93. The van der Waals surface area contributed by atoms with Crippen LogP contribution in [0.5, 0.6) is 0 Å². The molecule has 0 spiro atoms. The number of aryl methyl sites for hydroxylation is 1. The second kappa shape index (κ2) is 7.70. The minimum Gasteiger partial charge on any atom is -0.376 e. The molecule has 1 N–H and O–H groups in total. The summed E-state index contributed by atoms with van der Waals surface area (Å²) < 4.78 is 8.73. The van der Waals surface area contributed by atoms with Gasteiger partial charge in [0.15, 0.2) is 10.1 Å². The molecule has 0 aromatic carbocycles. The Morgan fingerprint density at radius 3 is 2.96 bits per heavy atom. The lowest BCUT2D eigenvalue weighted by Crippen LogP contribution is -2.18. The molecule has 1 aliphatic carbocycles. The number of anilines is 1. The molecule has 2 aromatic rings. The Morgan fingerprint density at radius 2 is 2.23 bits per heavy atom. The molecule has 2 aliphatic rings. The lowest BCUT2D eigenvalue weighted by atomic mass is 10.2. The highest BCUT2D eigenvalue weighted by atomic mass is 32.2. The smallest absolute Gasteiger partial charge is 0.206 e. The van der Waals surface area contributed by atoms with E-state index in [1.54, 1.807) is 0 Å². The first-order valence-corrected chi connectivity index (χ1v) is 11.0. The van der Waals surface area contributed by atoms with Gasteiger partial charge in [-0.3, -0.25) is 4.79 Å². The van der Waals surface area contributed by atoms with Crippen LogP contribution in [0.2, 0.25) is 0 Å². The molecule has 4 rings (SSSR count). The number of carbonyl (C=O) groups excluding carboxylic acids is 1. The molecular formula is C18H24N4O2S2. The number of Topliss-reactive ketones (excluding diaryl/α,β-unsaturated/α-hetero) is 1. The van der Waals surface area contributed by atoms with Gasteiger partial charge in [-0.15, -0.1) is 10.2 Å². The summed E-state index contributed by atoms with van der Waals surface area (Å²) in [6.07, 6.45) is 4.96. The Balaban J connectivity index is 1.31. The summed E-state index contributed by atoms with van der Waals surface area (Å²) >= 11 is 2.96. The van der Waals surface area contributed by atoms with Gasteiger partial charge in [0.25, 0.3) is 0 Å². The van der Waals surface area contributed by atoms with Gasteiger partial charge in [0, 0.05) is 36.1 Å². The third kappa shape index (κ3) is 3.97. The summed E-state index contributed by atoms with van der Waals surface area (Å²) in [5.41, 5.74) is 3.14. The average Bonchev–Trinajstić information content (AvgIpc) is 3.04. The molecule has 6 nitrogen and oxygen atoms in total. The van der Waals surface area contributed by atoms with E-state index in [4.69, 9.17) is 4.74 Å². The first-order chi connectivity index (χ1) is 12.6. The predicted octanol–water partition coefficient (Wildman–Crippen LogP) is 3.86. The van der Waals surface area contributed by atoms with Gasteiger partial charge in [-0.2, -0.15) is 0 Å². The quantitative estimate of drug-likeness (QED) is 0.543. The van der Waals surface area contributed by atoms with E-state index in [9.17, 15) is 4.79 Å². The lowest BCUT2D eigenvalue weighted by molar-refractivity contribution is 0.102. The summed E-state index contributed by atoms with van der Waals surface area (Å²) in [5, 5.41) is 12.4. The number of hydrogen-bond acceptors (Lipinski definition) is 7. The largest absolute Gasteiger partial charge is 0.376 e. The molecule has 0 unspecified atom stereocenters. The fraction of sp³-hybridized carbons (Fsp3) is 0.611. The van der Waals surface area contributed by atoms with Crippen molar-refractivity contribution in [1.29, 1.82) is 0 Å². The molecule has 3 heterocycles. The Morgan fingerprint density at radius 1 is 1.38 bits per heavy atom. The topological polar surface area (TPSA) is 69.0 Å². The number of nitrogens with one attached hydrogen (secondary N) is 1. The SMILES string of the molecule is Cc1cc(C(=O)CSc2nnc(NC[C@H]3CCCO3)s2)c(C)n1C1CC1. The predicted molar refractivity (Wildman–Crippen MR) is 105 cm³/mol. The summed E-state index contributed by atoms with van der Waals surface area (Å²) in [5.74, 6) is 0.564. The van der Waals surface area contributed by atoms with Crippen LogP contribution in [0.3, 0.4) is 0 Å². The van der Waals surface area contributed by atoms with Gasteiger partial charge in [0.2, 0.25) is 5.13 Å². The number of carbonyl (C=O) groups is 1. The van der Waals surface area contributed by atoms with Crippen LogP contribution in [0.15, 0.2) is 10.4 Å². The molecule has 2 fully saturated rings. The van der Waals surface area contributed by atoms with Gasteiger partial charge in [0.1, 0.15) is 0 Å². The van der Waals surface area contributed by atoms with Crippen LogP contribution in [0.1, 0.15) is 53.5 Å². The van der Waals surface area contributed by atoms with Gasteiger partial charge < -0.3 is 14.6 Å². The summed E-state index contributed by atoms with van der Waals surface area (Å²) in [4.78, 5) is 12.6. The fourth-order valence-electron chi connectivity index (χ4n) is 3.51. The molecule has 140 valence electrons. The third-order valence-corrected chi connectivity index (χ3v) is 6.95. The van der Waals surface area contributed by atoms with Gasteiger partial charge in [-0.25, -0.2) is 0 Å². The van der Waals surface area contributed by atoms with Crippen molar-refractivity contribution < 1.29 is 9.53 Å². The number of aromatic nitrogens is 3. The summed E-state index contributed by atoms with van der Waals surface area (Å²) in [6.45, 7) is 5.77. The van der Waals surface area contributed by atoms with Crippen molar-refractivity contribution in [3.63, 3.8) is 0 Å². The minimum atomic E-state index is 0.166. The molecule has 0 radical (unpaired) electrons. The van der Waals surface area contributed by atoms with Crippen LogP contribution < -0.4 is 5.32 Å². The second-order valence-corrected chi connectivity index (χ2v) is 9.19. The van der Waals surface area contributed by atoms with E-state index in [1.807, 2.05) is 6.07 Å². The maximum Gasteiger partial charge on any atom is 0.206 e. The average molecular weight is 393 g/mol. The first kappa shape index (κ1) is 18.0. The van der Waals surface area contributed by atoms with Crippen molar-refractivity contribution in [3.05, 3.63) is 23.0 Å². The van der Waals surface area contributed by atoms with Crippen LogP contribution in [0, 0.1) is 13.8 Å². The minimum absolute atomic E-state index is 0.166. The van der Waals surface area contributed by atoms with E-state index in [1.165, 1.54) is 41.6 Å². The van der Waals surface area contributed by atoms with E-state index < -0.39 is 0 Å². The molecule has 0 amide bonds. The van der Waals surface area contributed by atoms with Crippen LogP contribution >= 0.6 is 23.1 Å². The Kier molecular flexibility index (Phi) is 5.33. The van der Waals surface area contributed by atoms with Crippen molar-refractivity contribution in [2.75, 3.05) is 24.2 Å². The van der Waals surface area contributed by atoms with E-state index >= 15 is 0 Å². The van der Waals surface area contributed by atoms with Gasteiger partial charge in [-0.1, -0.05) is 23.1 Å². The van der Waals surface area contributed by atoms with E-state index in [0.717, 1.165) is 46.7 Å². The Hall–Kier alpha value is -1.38. The Bertz CT molecular complexity index is 791. The number of hydrogen-bond donors (Lipinski definition) is 1. The molecule has 2 aromatic heterocycles. The maximum absolute atomic E-state index is 12.6. The number of rotatable bonds is 8. The highest BCUT2D eigenvalue weighted by molar-refractivity contribution is 8.01. The van der Waals surface area contributed by atoms with Crippen LogP contribution in [-0.2, 0) is 4.74 Å². The summed E-state index contributed by atoms with van der Waals surface area (Å²) in [6, 6.07) is 2.63. The van der Waals surface area contributed by atoms with Crippen molar-refractivity contribution in [2.24, 2.45) is 0 Å². The molecular weight excluding hydrogens is 368 g/mol. The zero-order valence-corrected chi connectivity index (χ0v) is 16.8. The van der Waals surface area contributed by atoms with Crippen LogP contribution in [0.25, 0.3) is 0 Å². The normalized spacial score (nSPS) is 19.8. The van der Waals surface area contributed by atoms with E-state index in [0.29, 0.717) is 11.8 Å². The zero-order chi connectivity index (χ0) is 18.1. The Labute approximate surface area is 161 Å². The number of ether oxygens (including phenoxy) is 1. The molecule has 26 heavy (non-hydrogen) atoms. The van der Waals surface area contributed by atoms with Crippen molar-refractivity contribution >= 4 is 34.0 Å². The second-order valence-electron chi connectivity index (χ2n) is 6.99. The maximum atomic E-state index is 12.6. The van der Waals surface area contributed by atoms with Crippen molar-refractivity contribution in [2.45, 2.75) is 56.0 Å². The molecule has 8 heteroatoms. The fourth-order valence-corrected chi connectivity index (χ4v) is 5.15. The highest BCUT2D eigenvalue weighted by Crippen LogP contribution is 2.38. The highest BCUT2D eigenvalue weighted by Gasteiger charge is 2.28. The standard InChI is InChI=1S/C18H24N4O2S2/c1-11-8-15(12(2)22(11)13-5-6-13)16(23)10-25-18-21-20-17(26-18)19-9-14-4-3-7-24-14/h8,13-14H,3-7,9-10H2,1-2H3,(H,19,20)/t14-/m1/s1.